The predicted molar refractivity (Wildman–Crippen MR) is 108 cm³/mol. The molecule has 2 aromatic carbocycles. The van der Waals surface area contributed by atoms with Crippen LogP contribution in [-0.2, 0) is 10.8 Å². The number of benzene rings is 2. The number of aromatic hydroxyl groups is 1. The Hall–Kier alpha value is -1.71. The predicted octanol–water partition coefficient (Wildman–Crippen LogP) is 6.30. The third kappa shape index (κ3) is 3.43. The van der Waals surface area contributed by atoms with Crippen LogP contribution in [0.15, 0.2) is 30.3 Å². The van der Waals surface area contributed by atoms with Gasteiger partial charge in [-0.2, -0.15) is 0 Å². The Morgan fingerprint density at radius 3 is 2.08 bits per heavy atom. The second-order valence-electron chi connectivity index (χ2n) is 8.27. The minimum Gasteiger partial charge on any atom is -0.505 e. The first-order valence-corrected chi connectivity index (χ1v) is 9.41. The number of hydrogen-bond acceptors (Lipinski definition) is 2. The fourth-order valence-corrected chi connectivity index (χ4v) is 4.06. The molecular formula is C21H23Cl2NO2. The highest BCUT2D eigenvalue weighted by Gasteiger charge is 2.37. The number of phenolic OH excluding ortho intramolecular Hbond substituents is 1. The molecule has 0 bridgehead atoms. The number of phenols is 1. The van der Waals surface area contributed by atoms with Crippen molar-refractivity contribution in [1.82, 2.24) is 0 Å². The summed E-state index contributed by atoms with van der Waals surface area (Å²) in [5.41, 5.74) is 3.71. The number of fused-ring (bicyclic) bond motifs is 1. The van der Waals surface area contributed by atoms with Crippen molar-refractivity contribution in [2.75, 3.05) is 5.32 Å². The van der Waals surface area contributed by atoms with Gasteiger partial charge < -0.3 is 10.4 Å². The van der Waals surface area contributed by atoms with Crippen molar-refractivity contribution < 1.29 is 9.90 Å². The molecule has 0 saturated heterocycles. The summed E-state index contributed by atoms with van der Waals surface area (Å²) in [5.74, 6) is -0.422. The van der Waals surface area contributed by atoms with E-state index in [-0.39, 0.29) is 32.5 Å². The van der Waals surface area contributed by atoms with Gasteiger partial charge in [0.1, 0.15) is 0 Å². The standard InChI is InChI=1S/C21H23Cl2NO2/c1-20(2)7-8-21(3,4)15-9-12(5-6-14(15)20)19(26)24-13-10-16(22)18(25)17(23)11-13/h5-6,9-11,25H,7-8H2,1-4H3,(H,24,26). The van der Waals surface area contributed by atoms with E-state index in [4.69, 9.17) is 23.2 Å². The molecule has 138 valence electrons. The maximum Gasteiger partial charge on any atom is 0.255 e. The van der Waals surface area contributed by atoms with Crippen LogP contribution in [0.2, 0.25) is 10.0 Å². The van der Waals surface area contributed by atoms with Gasteiger partial charge in [-0.05, 0) is 59.1 Å². The Kier molecular flexibility index (Phi) is 4.74. The molecule has 0 aromatic heterocycles. The SMILES string of the molecule is CC1(C)CCC(C)(C)c2cc(C(=O)Nc3cc(Cl)c(O)c(Cl)c3)ccc21. The second kappa shape index (κ2) is 6.47. The molecule has 0 saturated carbocycles. The lowest BCUT2D eigenvalue weighted by atomic mass is 9.63. The van der Waals surface area contributed by atoms with Gasteiger partial charge in [0.05, 0.1) is 10.0 Å². The zero-order valence-corrected chi connectivity index (χ0v) is 16.9. The Labute approximate surface area is 164 Å². The van der Waals surface area contributed by atoms with Crippen LogP contribution in [-0.4, -0.2) is 11.0 Å². The van der Waals surface area contributed by atoms with E-state index in [0.717, 1.165) is 12.8 Å². The Morgan fingerprint density at radius 2 is 1.50 bits per heavy atom. The summed E-state index contributed by atoms with van der Waals surface area (Å²) in [5, 5.41) is 12.6. The van der Waals surface area contributed by atoms with Crippen LogP contribution in [0.4, 0.5) is 5.69 Å². The summed E-state index contributed by atoms with van der Waals surface area (Å²) in [4.78, 5) is 12.7. The third-order valence-corrected chi connectivity index (χ3v) is 5.97. The van der Waals surface area contributed by atoms with Crippen LogP contribution in [0.25, 0.3) is 0 Å². The van der Waals surface area contributed by atoms with Crippen LogP contribution < -0.4 is 5.32 Å². The van der Waals surface area contributed by atoms with Crippen LogP contribution in [0.3, 0.4) is 0 Å². The molecule has 3 nitrogen and oxygen atoms in total. The lowest BCUT2D eigenvalue weighted by molar-refractivity contribution is 0.102. The largest absolute Gasteiger partial charge is 0.505 e. The van der Waals surface area contributed by atoms with Gasteiger partial charge in [0.25, 0.3) is 5.91 Å². The highest BCUT2D eigenvalue weighted by atomic mass is 35.5. The van der Waals surface area contributed by atoms with Crippen molar-refractivity contribution in [2.24, 2.45) is 0 Å². The van der Waals surface area contributed by atoms with Crippen molar-refractivity contribution >= 4 is 34.8 Å². The number of halogens is 2. The molecule has 0 fully saturated rings. The highest BCUT2D eigenvalue weighted by Crippen LogP contribution is 2.46. The molecule has 0 unspecified atom stereocenters. The average molecular weight is 392 g/mol. The third-order valence-electron chi connectivity index (χ3n) is 5.39. The molecule has 0 spiro atoms. The fraction of sp³-hybridized carbons (Fsp3) is 0.381. The Bertz CT molecular complexity index is 865. The number of carbonyl (C=O) groups excluding carboxylic acids is 1. The van der Waals surface area contributed by atoms with Crippen LogP contribution in [0.1, 0.15) is 62.0 Å². The molecule has 2 N–H and O–H groups in total. The van der Waals surface area contributed by atoms with Gasteiger partial charge in [0.15, 0.2) is 5.75 Å². The Morgan fingerprint density at radius 1 is 0.962 bits per heavy atom. The molecule has 3 rings (SSSR count). The summed E-state index contributed by atoms with van der Waals surface area (Å²) < 4.78 is 0. The van der Waals surface area contributed by atoms with Gasteiger partial charge in [-0.25, -0.2) is 0 Å². The van der Waals surface area contributed by atoms with Crippen molar-refractivity contribution in [1.29, 1.82) is 0 Å². The first-order valence-electron chi connectivity index (χ1n) is 8.66. The van der Waals surface area contributed by atoms with E-state index in [9.17, 15) is 9.90 Å². The van der Waals surface area contributed by atoms with Crippen molar-refractivity contribution in [3.05, 3.63) is 57.1 Å². The summed E-state index contributed by atoms with van der Waals surface area (Å²) >= 11 is 11.9. The lowest BCUT2D eigenvalue weighted by Gasteiger charge is -2.42. The zero-order valence-electron chi connectivity index (χ0n) is 15.4. The van der Waals surface area contributed by atoms with E-state index in [1.807, 2.05) is 12.1 Å². The smallest absolute Gasteiger partial charge is 0.255 e. The maximum absolute atomic E-state index is 12.7. The maximum atomic E-state index is 12.7. The van der Waals surface area contributed by atoms with E-state index < -0.39 is 0 Å². The molecule has 0 atom stereocenters. The van der Waals surface area contributed by atoms with Gasteiger partial charge in [-0.15, -0.1) is 0 Å². The van der Waals surface area contributed by atoms with Crippen LogP contribution >= 0.6 is 23.2 Å². The fourth-order valence-electron chi connectivity index (χ4n) is 3.57. The van der Waals surface area contributed by atoms with E-state index in [0.29, 0.717) is 11.3 Å². The summed E-state index contributed by atoms with van der Waals surface area (Å²) in [6.07, 6.45) is 2.21. The number of carbonyl (C=O) groups is 1. The molecule has 5 heteroatoms. The van der Waals surface area contributed by atoms with Crippen molar-refractivity contribution in [3.8, 4) is 5.75 Å². The second-order valence-corrected chi connectivity index (χ2v) is 9.09. The lowest BCUT2D eigenvalue weighted by Crippen LogP contribution is -2.34. The first-order chi connectivity index (χ1) is 12.0. The number of amides is 1. The van der Waals surface area contributed by atoms with E-state index in [1.165, 1.54) is 23.3 Å². The summed E-state index contributed by atoms with van der Waals surface area (Å²) in [6, 6.07) is 8.89. The monoisotopic (exact) mass is 391 g/mol. The number of rotatable bonds is 2. The average Bonchev–Trinajstić information content (AvgIpc) is 2.56. The normalized spacial score (nSPS) is 17.5. The van der Waals surface area contributed by atoms with E-state index >= 15 is 0 Å². The Balaban J connectivity index is 1.94. The first kappa shape index (κ1) is 19.1. The quantitative estimate of drug-likeness (QED) is 0.589. The highest BCUT2D eigenvalue weighted by molar-refractivity contribution is 6.37. The van der Waals surface area contributed by atoms with Gasteiger partial charge in [-0.3, -0.25) is 4.79 Å². The van der Waals surface area contributed by atoms with E-state index in [2.05, 4.69) is 39.1 Å². The molecule has 0 aliphatic heterocycles. The molecular weight excluding hydrogens is 369 g/mol. The number of hydrogen-bond donors (Lipinski definition) is 2. The van der Waals surface area contributed by atoms with Crippen molar-refractivity contribution in [2.45, 2.75) is 51.4 Å². The van der Waals surface area contributed by atoms with Crippen LogP contribution in [0, 0.1) is 0 Å². The molecule has 1 amide bonds. The number of nitrogens with one attached hydrogen (secondary N) is 1. The molecule has 0 heterocycles. The minimum absolute atomic E-state index is 0.0340. The van der Waals surface area contributed by atoms with Crippen molar-refractivity contribution in [3.63, 3.8) is 0 Å². The summed E-state index contributed by atoms with van der Waals surface area (Å²) in [7, 11) is 0. The molecule has 0 radical (unpaired) electrons. The molecule has 26 heavy (non-hydrogen) atoms. The summed E-state index contributed by atoms with van der Waals surface area (Å²) in [6.45, 7) is 8.95. The minimum atomic E-state index is -0.232. The molecule has 2 aromatic rings. The van der Waals surface area contributed by atoms with Gasteiger partial charge >= 0.3 is 0 Å². The topological polar surface area (TPSA) is 49.3 Å². The molecule has 1 aliphatic carbocycles. The van der Waals surface area contributed by atoms with Gasteiger partial charge in [0.2, 0.25) is 0 Å². The van der Waals surface area contributed by atoms with E-state index in [1.54, 1.807) is 0 Å². The van der Waals surface area contributed by atoms with Crippen LogP contribution in [0.5, 0.6) is 5.75 Å². The number of anilines is 1. The molecule has 1 aliphatic rings. The van der Waals surface area contributed by atoms with Gasteiger partial charge in [-0.1, -0.05) is 57.0 Å². The zero-order chi connectivity index (χ0) is 19.3. The van der Waals surface area contributed by atoms with Gasteiger partial charge in [0, 0.05) is 11.3 Å².